The van der Waals surface area contributed by atoms with Crippen LogP contribution < -0.4 is 9.47 Å². The minimum atomic E-state index is -3.80. The van der Waals surface area contributed by atoms with Gasteiger partial charge in [0.05, 0.1) is 6.67 Å². The van der Waals surface area contributed by atoms with Gasteiger partial charge in [0, 0.05) is 42.9 Å². The van der Waals surface area contributed by atoms with Gasteiger partial charge in [-0.25, -0.2) is 12.8 Å². The largest absolute Gasteiger partial charge is 0.508 e. The van der Waals surface area contributed by atoms with Gasteiger partial charge in [0.25, 0.3) is 0 Å². The zero-order valence-corrected chi connectivity index (χ0v) is 22.0. The minimum Gasteiger partial charge on any atom is -0.508 e. The molecule has 0 aromatic heterocycles. The summed E-state index contributed by atoms with van der Waals surface area (Å²) in [5, 5.41) is 10.1. The zero-order chi connectivity index (χ0) is 27.0. The molecule has 2 heterocycles. The van der Waals surface area contributed by atoms with Crippen molar-refractivity contribution in [2.75, 3.05) is 39.2 Å². The normalized spacial score (nSPS) is 18.1. The fourth-order valence-electron chi connectivity index (χ4n) is 4.99. The summed E-state index contributed by atoms with van der Waals surface area (Å²) in [5.74, 6) is 0.641. The predicted molar refractivity (Wildman–Crippen MR) is 141 cm³/mol. The molecule has 0 spiro atoms. The first-order chi connectivity index (χ1) is 18.1. The molecule has 0 bridgehead atoms. The Morgan fingerprint density at radius 3 is 2.50 bits per heavy atom. The first-order valence-electron chi connectivity index (χ1n) is 12.4. The standard InChI is InChI=1S/C29H29F2NO5S/c1-18-24-14-22(33)6-10-26(24)37-29(28(18)21-5-9-25(31)27(13-21)38(2,34)35)20-3-7-23(8-4-20)36-12-11-32-16-19(15-30)17-32/h3-10,13-14,19,29,33H,11-12,15-17H2,1-2H3/t29-/m0/s1. The second kappa shape index (κ2) is 10.4. The average molecular weight is 542 g/mol. The Morgan fingerprint density at radius 1 is 1.08 bits per heavy atom. The van der Waals surface area contributed by atoms with E-state index in [0.29, 0.717) is 34.8 Å². The Kier molecular flexibility index (Phi) is 7.15. The molecule has 200 valence electrons. The second-order valence-corrected chi connectivity index (χ2v) is 11.8. The summed E-state index contributed by atoms with van der Waals surface area (Å²) in [4.78, 5) is 1.76. The lowest BCUT2D eigenvalue weighted by Gasteiger charge is -2.37. The lowest BCUT2D eigenvalue weighted by atomic mass is 9.86. The molecule has 5 rings (SSSR count). The van der Waals surface area contributed by atoms with Crippen molar-refractivity contribution in [2.45, 2.75) is 17.9 Å². The van der Waals surface area contributed by atoms with E-state index in [1.807, 2.05) is 31.2 Å². The number of rotatable bonds is 8. The fourth-order valence-corrected chi connectivity index (χ4v) is 5.75. The summed E-state index contributed by atoms with van der Waals surface area (Å²) in [5.41, 5.74) is 3.41. The number of alkyl halides is 1. The molecule has 0 aliphatic carbocycles. The first-order valence-corrected chi connectivity index (χ1v) is 14.2. The van der Waals surface area contributed by atoms with Crippen LogP contribution in [0.3, 0.4) is 0 Å². The Morgan fingerprint density at radius 2 is 1.82 bits per heavy atom. The minimum absolute atomic E-state index is 0.0698. The Balaban J connectivity index is 1.45. The molecule has 2 aliphatic heterocycles. The molecule has 0 saturated carbocycles. The maximum absolute atomic E-state index is 14.4. The molecule has 3 aromatic rings. The number of nitrogens with zero attached hydrogens (tertiary/aromatic N) is 1. The molecule has 0 radical (unpaired) electrons. The molecule has 0 unspecified atom stereocenters. The number of likely N-dealkylation sites (tertiary alicyclic amines) is 1. The van der Waals surface area contributed by atoms with Gasteiger partial charge in [-0.2, -0.15) is 0 Å². The van der Waals surface area contributed by atoms with Crippen LogP contribution in [0, 0.1) is 11.7 Å². The molecule has 6 nitrogen and oxygen atoms in total. The van der Waals surface area contributed by atoms with Crippen LogP contribution in [0.2, 0.25) is 0 Å². The van der Waals surface area contributed by atoms with Crippen LogP contribution >= 0.6 is 0 Å². The first kappa shape index (κ1) is 26.2. The molecule has 0 amide bonds. The maximum Gasteiger partial charge on any atom is 0.178 e. The molecule has 1 N–H and O–H groups in total. The van der Waals surface area contributed by atoms with E-state index in [0.717, 1.165) is 43.1 Å². The van der Waals surface area contributed by atoms with Crippen molar-refractivity contribution in [3.63, 3.8) is 0 Å². The SMILES string of the molecule is CC1=C(c2ccc(F)c(S(C)(=O)=O)c2)[C@H](c2ccc(OCCN3CC(CF)C3)cc2)Oc2ccc(O)cc21. The van der Waals surface area contributed by atoms with Crippen LogP contribution in [-0.2, 0) is 9.84 Å². The summed E-state index contributed by atoms with van der Waals surface area (Å²) in [6.45, 7) is 4.33. The van der Waals surface area contributed by atoms with E-state index in [2.05, 4.69) is 4.90 Å². The number of hydrogen-bond acceptors (Lipinski definition) is 6. The summed E-state index contributed by atoms with van der Waals surface area (Å²) in [7, 11) is -3.80. The van der Waals surface area contributed by atoms with Gasteiger partial charge in [0.15, 0.2) is 9.84 Å². The van der Waals surface area contributed by atoms with E-state index in [-0.39, 0.29) is 23.2 Å². The van der Waals surface area contributed by atoms with Gasteiger partial charge in [-0.1, -0.05) is 18.2 Å². The maximum atomic E-state index is 14.4. The van der Waals surface area contributed by atoms with E-state index < -0.39 is 21.8 Å². The second-order valence-electron chi connectivity index (χ2n) is 9.83. The summed E-state index contributed by atoms with van der Waals surface area (Å²) >= 11 is 0. The van der Waals surface area contributed by atoms with E-state index in [1.165, 1.54) is 12.1 Å². The van der Waals surface area contributed by atoms with Crippen molar-refractivity contribution in [1.82, 2.24) is 4.90 Å². The number of fused-ring (bicyclic) bond motifs is 1. The molecule has 1 atom stereocenters. The lowest BCUT2D eigenvalue weighted by molar-refractivity contribution is 0.0668. The van der Waals surface area contributed by atoms with Crippen molar-refractivity contribution in [2.24, 2.45) is 5.92 Å². The smallest absolute Gasteiger partial charge is 0.178 e. The van der Waals surface area contributed by atoms with Crippen molar-refractivity contribution >= 4 is 21.0 Å². The number of phenols is 1. The molecular weight excluding hydrogens is 512 g/mol. The molecule has 9 heteroatoms. The van der Waals surface area contributed by atoms with Crippen LogP contribution in [0.1, 0.15) is 29.7 Å². The Bertz CT molecular complexity index is 1480. The average Bonchev–Trinajstić information content (AvgIpc) is 2.86. The summed E-state index contributed by atoms with van der Waals surface area (Å²) < 4.78 is 63.7. The quantitative estimate of drug-likeness (QED) is 0.418. The number of halogens is 2. The topological polar surface area (TPSA) is 76.1 Å². The molecule has 1 saturated heterocycles. The number of allylic oxidation sites excluding steroid dienone is 1. The molecular formula is C29H29F2NO5S. The summed E-state index contributed by atoms with van der Waals surface area (Å²) in [6, 6.07) is 16.3. The third-order valence-corrected chi connectivity index (χ3v) is 8.14. The third-order valence-electron chi connectivity index (χ3n) is 7.03. The number of hydrogen-bond donors (Lipinski definition) is 1. The Labute approximate surface area is 221 Å². The fraction of sp³-hybridized carbons (Fsp3) is 0.310. The highest BCUT2D eigenvalue weighted by Crippen LogP contribution is 2.47. The van der Waals surface area contributed by atoms with Crippen molar-refractivity contribution in [1.29, 1.82) is 0 Å². The van der Waals surface area contributed by atoms with Crippen LogP contribution in [0.4, 0.5) is 8.78 Å². The highest BCUT2D eigenvalue weighted by atomic mass is 32.2. The van der Waals surface area contributed by atoms with Gasteiger partial charge in [-0.3, -0.25) is 9.29 Å². The lowest BCUT2D eigenvalue weighted by Crippen LogP contribution is -2.49. The number of ether oxygens (including phenoxy) is 2. The van der Waals surface area contributed by atoms with Gasteiger partial charge in [0.1, 0.15) is 40.7 Å². The van der Waals surface area contributed by atoms with Gasteiger partial charge in [-0.05, 0) is 66.1 Å². The predicted octanol–water partition coefficient (Wildman–Crippen LogP) is 5.28. The third kappa shape index (κ3) is 5.26. The molecule has 2 aliphatic rings. The van der Waals surface area contributed by atoms with Crippen molar-refractivity contribution < 1.29 is 31.8 Å². The van der Waals surface area contributed by atoms with Gasteiger partial charge in [0.2, 0.25) is 0 Å². The van der Waals surface area contributed by atoms with Crippen LogP contribution in [0.15, 0.2) is 65.6 Å². The summed E-state index contributed by atoms with van der Waals surface area (Å²) in [6.07, 6.45) is 0.358. The van der Waals surface area contributed by atoms with Crippen LogP contribution in [0.5, 0.6) is 17.2 Å². The number of aromatic hydroxyl groups is 1. The zero-order valence-electron chi connectivity index (χ0n) is 21.2. The number of phenolic OH excluding ortho intramolecular Hbond substituents is 1. The van der Waals surface area contributed by atoms with Crippen LogP contribution in [0.25, 0.3) is 11.1 Å². The van der Waals surface area contributed by atoms with Gasteiger partial charge < -0.3 is 14.6 Å². The van der Waals surface area contributed by atoms with Crippen molar-refractivity contribution in [3.8, 4) is 17.2 Å². The Hall–Kier alpha value is -3.43. The highest BCUT2D eigenvalue weighted by molar-refractivity contribution is 7.90. The van der Waals surface area contributed by atoms with E-state index >= 15 is 0 Å². The van der Waals surface area contributed by atoms with Crippen LogP contribution in [-0.4, -0.2) is 57.6 Å². The molecule has 3 aromatic carbocycles. The monoisotopic (exact) mass is 541 g/mol. The van der Waals surface area contributed by atoms with Gasteiger partial charge >= 0.3 is 0 Å². The number of sulfone groups is 1. The highest BCUT2D eigenvalue weighted by Gasteiger charge is 2.31. The molecule has 38 heavy (non-hydrogen) atoms. The van der Waals surface area contributed by atoms with Crippen molar-refractivity contribution in [3.05, 3.63) is 83.2 Å². The molecule has 1 fully saturated rings. The van der Waals surface area contributed by atoms with E-state index in [1.54, 1.807) is 18.2 Å². The van der Waals surface area contributed by atoms with E-state index in [4.69, 9.17) is 9.47 Å². The van der Waals surface area contributed by atoms with E-state index in [9.17, 15) is 22.3 Å². The number of benzene rings is 3. The van der Waals surface area contributed by atoms with Gasteiger partial charge in [-0.15, -0.1) is 0 Å².